The van der Waals surface area contributed by atoms with Crippen LogP contribution in [0.5, 0.6) is 0 Å². The third-order valence-electron chi connectivity index (χ3n) is 4.15. The van der Waals surface area contributed by atoms with E-state index in [0.29, 0.717) is 22.0 Å². The van der Waals surface area contributed by atoms with Crippen LogP contribution in [0.4, 0.5) is 17.1 Å². The summed E-state index contributed by atoms with van der Waals surface area (Å²) < 4.78 is 0. The number of amides is 2. The van der Waals surface area contributed by atoms with Gasteiger partial charge in [-0.15, -0.1) is 0 Å². The van der Waals surface area contributed by atoms with Crippen LogP contribution in [0.25, 0.3) is 0 Å². The van der Waals surface area contributed by atoms with Crippen molar-refractivity contribution in [1.82, 2.24) is 0 Å². The molecular formula is C22H20ClN3O2. The first-order valence-corrected chi connectivity index (χ1v) is 9.16. The summed E-state index contributed by atoms with van der Waals surface area (Å²) in [6.45, 7) is 1.99. The number of hydrogen-bond donors (Lipinski definition) is 3. The fourth-order valence-electron chi connectivity index (χ4n) is 2.65. The average molecular weight is 394 g/mol. The van der Waals surface area contributed by atoms with Gasteiger partial charge in [0.25, 0.3) is 5.91 Å². The fraction of sp³-hybridized carbons (Fsp3) is 0.0909. The highest BCUT2D eigenvalue weighted by Gasteiger charge is 2.08. The Morgan fingerprint density at radius 3 is 2.29 bits per heavy atom. The van der Waals surface area contributed by atoms with Gasteiger partial charge in [0.15, 0.2) is 0 Å². The highest BCUT2D eigenvalue weighted by atomic mass is 35.5. The van der Waals surface area contributed by atoms with Crippen molar-refractivity contribution < 1.29 is 9.59 Å². The molecule has 3 rings (SSSR count). The molecule has 3 N–H and O–H groups in total. The molecule has 0 aromatic heterocycles. The molecule has 3 aromatic carbocycles. The number of benzene rings is 3. The van der Waals surface area contributed by atoms with E-state index in [9.17, 15) is 9.59 Å². The minimum absolute atomic E-state index is 0.0990. The van der Waals surface area contributed by atoms with Crippen molar-refractivity contribution in [3.8, 4) is 0 Å². The predicted molar refractivity (Wildman–Crippen MR) is 114 cm³/mol. The maximum atomic E-state index is 12.2. The summed E-state index contributed by atoms with van der Waals surface area (Å²) in [7, 11) is 0. The summed E-state index contributed by atoms with van der Waals surface area (Å²) >= 11 is 6.09. The Balaban J connectivity index is 1.58. The number of hydrogen-bond acceptors (Lipinski definition) is 3. The lowest BCUT2D eigenvalue weighted by Gasteiger charge is -2.12. The lowest BCUT2D eigenvalue weighted by molar-refractivity contribution is -0.114. The van der Waals surface area contributed by atoms with Gasteiger partial charge in [-0.3, -0.25) is 9.59 Å². The summed E-state index contributed by atoms with van der Waals surface area (Å²) in [5.74, 6) is -0.409. The van der Waals surface area contributed by atoms with Gasteiger partial charge in [0, 0.05) is 27.6 Å². The van der Waals surface area contributed by atoms with Crippen molar-refractivity contribution >= 4 is 40.5 Å². The normalized spacial score (nSPS) is 10.2. The Bertz CT molecular complexity index is 990. The summed E-state index contributed by atoms with van der Waals surface area (Å²) in [5.41, 5.74) is 3.47. The van der Waals surface area contributed by atoms with E-state index in [1.54, 1.807) is 54.6 Å². The Kier molecular flexibility index (Phi) is 6.29. The number of carbonyl (C=O) groups is 2. The molecule has 0 atom stereocenters. The van der Waals surface area contributed by atoms with Crippen LogP contribution in [-0.2, 0) is 4.79 Å². The minimum Gasteiger partial charge on any atom is -0.376 e. The van der Waals surface area contributed by atoms with Gasteiger partial charge in [-0.1, -0.05) is 41.9 Å². The molecule has 0 bridgehead atoms. The van der Waals surface area contributed by atoms with Crippen molar-refractivity contribution in [2.75, 3.05) is 22.5 Å². The first kappa shape index (κ1) is 19.5. The minimum atomic E-state index is -0.206. The van der Waals surface area contributed by atoms with E-state index in [1.165, 1.54) is 0 Å². The molecule has 0 radical (unpaired) electrons. The number of halogens is 1. The topological polar surface area (TPSA) is 70.2 Å². The quantitative estimate of drug-likeness (QED) is 0.554. The van der Waals surface area contributed by atoms with Crippen LogP contribution in [0.2, 0.25) is 5.02 Å². The molecule has 0 spiro atoms. The van der Waals surface area contributed by atoms with Crippen molar-refractivity contribution in [1.29, 1.82) is 0 Å². The monoisotopic (exact) mass is 393 g/mol. The zero-order chi connectivity index (χ0) is 19.9. The van der Waals surface area contributed by atoms with E-state index in [4.69, 9.17) is 11.6 Å². The SMILES string of the molecule is Cc1c(Cl)cccc1NCC(=O)Nc1cccc(NC(=O)c2ccccc2)c1. The summed E-state index contributed by atoms with van der Waals surface area (Å²) in [4.78, 5) is 24.5. The summed E-state index contributed by atoms with van der Waals surface area (Å²) in [5, 5.41) is 9.36. The Hall–Kier alpha value is -3.31. The molecule has 6 heteroatoms. The summed E-state index contributed by atoms with van der Waals surface area (Å²) in [6, 6.07) is 21.5. The van der Waals surface area contributed by atoms with Gasteiger partial charge in [0.2, 0.25) is 5.91 Å². The van der Waals surface area contributed by atoms with Crippen LogP contribution in [0, 0.1) is 6.92 Å². The second-order valence-corrected chi connectivity index (χ2v) is 6.62. The lowest BCUT2D eigenvalue weighted by Crippen LogP contribution is -2.22. The third-order valence-corrected chi connectivity index (χ3v) is 4.56. The van der Waals surface area contributed by atoms with E-state index in [1.807, 2.05) is 25.1 Å². The molecule has 0 fully saturated rings. The fourth-order valence-corrected chi connectivity index (χ4v) is 2.82. The van der Waals surface area contributed by atoms with Gasteiger partial charge in [-0.25, -0.2) is 0 Å². The van der Waals surface area contributed by atoms with Gasteiger partial charge in [0.05, 0.1) is 6.54 Å². The van der Waals surface area contributed by atoms with Crippen LogP contribution in [0.15, 0.2) is 72.8 Å². The molecule has 0 heterocycles. The molecule has 0 saturated carbocycles. The molecule has 0 aliphatic heterocycles. The van der Waals surface area contributed by atoms with Crippen molar-refractivity contribution in [2.45, 2.75) is 6.92 Å². The smallest absolute Gasteiger partial charge is 0.255 e. The molecule has 28 heavy (non-hydrogen) atoms. The molecule has 0 unspecified atom stereocenters. The van der Waals surface area contributed by atoms with Gasteiger partial charge >= 0.3 is 0 Å². The van der Waals surface area contributed by atoms with Gasteiger partial charge in [0.1, 0.15) is 0 Å². The van der Waals surface area contributed by atoms with E-state index < -0.39 is 0 Å². The number of rotatable bonds is 6. The van der Waals surface area contributed by atoms with Gasteiger partial charge < -0.3 is 16.0 Å². The van der Waals surface area contributed by atoms with Crippen LogP contribution < -0.4 is 16.0 Å². The highest BCUT2D eigenvalue weighted by molar-refractivity contribution is 6.31. The average Bonchev–Trinajstić information content (AvgIpc) is 2.70. The Morgan fingerprint density at radius 1 is 0.857 bits per heavy atom. The Labute approximate surface area is 168 Å². The van der Waals surface area contributed by atoms with E-state index in [-0.39, 0.29) is 18.4 Å². The number of anilines is 3. The van der Waals surface area contributed by atoms with Crippen molar-refractivity contribution in [2.24, 2.45) is 0 Å². The first-order valence-electron chi connectivity index (χ1n) is 8.78. The van der Waals surface area contributed by atoms with Crippen molar-refractivity contribution in [3.05, 3.63) is 88.9 Å². The molecule has 0 saturated heterocycles. The molecule has 0 aliphatic carbocycles. The number of carbonyl (C=O) groups excluding carboxylic acids is 2. The molecule has 0 aliphatic rings. The molecule has 5 nitrogen and oxygen atoms in total. The second kappa shape index (κ2) is 9.06. The highest BCUT2D eigenvalue weighted by Crippen LogP contribution is 2.22. The molecule has 142 valence electrons. The third kappa shape index (κ3) is 5.11. The van der Waals surface area contributed by atoms with E-state index in [2.05, 4.69) is 16.0 Å². The predicted octanol–water partition coefficient (Wildman–Crippen LogP) is 4.95. The van der Waals surface area contributed by atoms with Gasteiger partial charge in [-0.05, 0) is 55.0 Å². The van der Waals surface area contributed by atoms with E-state index in [0.717, 1.165) is 11.3 Å². The first-order chi connectivity index (χ1) is 13.5. The maximum Gasteiger partial charge on any atom is 0.255 e. The van der Waals surface area contributed by atoms with Crippen LogP contribution in [0.1, 0.15) is 15.9 Å². The van der Waals surface area contributed by atoms with Crippen LogP contribution in [0.3, 0.4) is 0 Å². The van der Waals surface area contributed by atoms with E-state index >= 15 is 0 Å². The lowest BCUT2D eigenvalue weighted by atomic mass is 10.2. The Morgan fingerprint density at radius 2 is 1.54 bits per heavy atom. The largest absolute Gasteiger partial charge is 0.376 e. The van der Waals surface area contributed by atoms with Crippen LogP contribution >= 0.6 is 11.6 Å². The molecule has 2 amide bonds. The second-order valence-electron chi connectivity index (χ2n) is 6.22. The zero-order valence-corrected chi connectivity index (χ0v) is 16.1. The van der Waals surface area contributed by atoms with Gasteiger partial charge in [-0.2, -0.15) is 0 Å². The van der Waals surface area contributed by atoms with Crippen LogP contribution in [-0.4, -0.2) is 18.4 Å². The zero-order valence-electron chi connectivity index (χ0n) is 15.3. The number of nitrogens with one attached hydrogen (secondary N) is 3. The molecular weight excluding hydrogens is 374 g/mol. The molecule has 3 aromatic rings. The standard InChI is InChI=1S/C22H20ClN3O2/c1-15-19(23)11-6-12-20(15)24-14-21(27)25-17-9-5-10-18(13-17)26-22(28)16-7-3-2-4-8-16/h2-13,24H,14H2,1H3,(H,25,27)(H,26,28). The maximum absolute atomic E-state index is 12.2. The van der Waals surface area contributed by atoms with Crippen molar-refractivity contribution in [3.63, 3.8) is 0 Å². The summed E-state index contributed by atoms with van der Waals surface area (Å²) in [6.07, 6.45) is 0.